The average Bonchev–Trinajstić information content (AvgIpc) is 3.55. The summed E-state index contributed by atoms with van der Waals surface area (Å²) in [5.41, 5.74) is 0. The molecule has 0 aromatic heterocycles. The fourth-order valence-electron chi connectivity index (χ4n) is 9.26. The highest BCUT2D eigenvalue weighted by atomic mass is 16.6. The van der Waals surface area contributed by atoms with E-state index in [0.29, 0.717) is 24.4 Å². The molecule has 6 rings (SSSR count). The summed E-state index contributed by atoms with van der Waals surface area (Å²) in [5.74, 6) is 10.9. The zero-order valence-corrected chi connectivity index (χ0v) is 19.1. The van der Waals surface area contributed by atoms with Crippen molar-refractivity contribution < 1.29 is 9.47 Å². The van der Waals surface area contributed by atoms with Gasteiger partial charge in [0.05, 0.1) is 24.4 Å². The highest BCUT2D eigenvalue weighted by Gasteiger charge is 2.56. The molecule has 0 N–H and O–H groups in total. The monoisotopic (exact) mass is 398 g/mol. The van der Waals surface area contributed by atoms with Crippen molar-refractivity contribution in [2.45, 2.75) is 110 Å². The Labute approximate surface area is 178 Å². The molecule has 2 aliphatic heterocycles. The Morgan fingerprint density at radius 1 is 0.552 bits per heavy atom. The highest BCUT2D eigenvalue weighted by molar-refractivity contribution is 5.11. The van der Waals surface area contributed by atoms with Crippen LogP contribution in [0.1, 0.15) is 85.5 Å². The first-order valence-electron chi connectivity index (χ1n) is 12.9. The predicted molar refractivity (Wildman–Crippen MR) is 116 cm³/mol. The zero-order chi connectivity index (χ0) is 19.9. The Kier molecular flexibility index (Phi) is 4.88. The third-order valence-corrected chi connectivity index (χ3v) is 10.3. The number of fused-ring (bicyclic) bond motifs is 4. The van der Waals surface area contributed by atoms with Crippen molar-refractivity contribution in [3.8, 4) is 0 Å². The third kappa shape index (κ3) is 3.43. The van der Waals surface area contributed by atoms with E-state index in [1.165, 1.54) is 57.8 Å². The van der Waals surface area contributed by atoms with E-state index >= 15 is 0 Å². The van der Waals surface area contributed by atoms with Crippen molar-refractivity contribution in [3.63, 3.8) is 0 Å². The van der Waals surface area contributed by atoms with Crippen molar-refractivity contribution in [1.82, 2.24) is 0 Å². The topological polar surface area (TPSA) is 25.1 Å². The summed E-state index contributed by atoms with van der Waals surface area (Å²) in [5, 5.41) is 0. The van der Waals surface area contributed by atoms with Gasteiger partial charge in [-0.1, -0.05) is 27.7 Å². The Balaban J connectivity index is 1.15. The molecule has 29 heavy (non-hydrogen) atoms. The summed E-state index contributed by atoms with van der Waals surface area (Å²) in [6, 6.07) is 0. The quantitative estimate of drug-likeness (QED) is 0.494. The van der Waals surface area contributed by atoms with Crippen molar-refractivity contribution in [2.24, 2.45) is 47.3 Å². The van der Waals surface area contributed by atoms with E-state index in [1.54, 1.807) is 11.8 Å². The molecule has 2 radical (unpaired) electrons. The smallest absolute Gasteiger partial charge is 0.0844 e. The molecule has 0 aromatic rings. The summed E-state index contributed by atoms with van der Waals surface area (Å²) in [6.07, 6.45) is 15.3. The molecule has 2 bridgehead atoms. The summed E-state index contributed by atoms with van der Waals surface area (Å²) in [7, 11) is 0. The Bertz CT molecular complexity index is 562. The van der Waals surface area contributed by atoms with Crippen molar-refractivity contribution >= 4 is 0 Å². The molecule has 12 atom stereocenters. The molecule has 0 aromatic carbocycles. The van der Waals surface area contributed by atoms with E-state index in [9.17, 15) is 0 Å². The van der Waals surface area contributed by atoms with Crippen LogP contribution >= 0.6 is 0 Å². The summed E-state index contributed by atoms with van der Waals surface area (Å²) >= 11 is 0. The van der Waals surface area contributed by atoms with Crippen LogP contribution in [0.3, 0.4) is 0 Å². The molecule has 12 unspecified atom stereocenters. The summed E-state index contributed by atoms with van der Waals surface area (Å²) < 4.78 is 11.8. The first-order chi connectivity index (χ1) is 14.0. The largest absolute Gasteiger partial charge is 0.370 e. The second-order valence-electron chi connectivity index (χ2n) is 12.3. The maximum Gasteiger partial charge on any atom is 0.0844 e. The van der Waals surface area contributed by atoms with Crippen molar-refractivity contribution in [1.29, 1.82) is 0 Å². The Hall–Kier alpha value is -0.0800. The number of rotatable bonds is 6. The van der Waals surface area contributed by atoms with Crippen LogP contribution in [0.4, 0.5) is 0 Å². The van der Waals surface area contributed by atoms with Gasteiger partial charge in [-0.3, -0.25) is 0 Å². The third-order valence-electron chi connectivity index (χ3n) is 10.3. The lowest BCUT2D eigenvalue weighted by Gasteiger charge is -2.44. The summed E-state index contributed by atoms with van der Waals surface area (Å²) in [4.78, 5) is 0. The molecule has 2 saturated heterocycles. The van der Waals surface area contributed by atoms with Crippen molar-refractivity contribution in [2.75, 3.05) is 0 Å². The lowest BCUT2D eigenvalue weighted by Crippen LogP contribution is -2.38. The molecule has 6 fully saturated rings. The normalized spacial score (nSPS) is 52.3. The van der Waals surface area contributed by atoms with Gasteiger partial charge in [0.15, 0.2) is 0 Å². The fraction of sp³-hybridized carbons (Fsp3) is 0.926. The van der Waals surface area contributed by atoms with Crippen LogP contribution in [0.5, 0.6) is 0 Å². The van der Waals surface area contributed by atoms with E-state index in [-0.39, 0.29) is 0 Å². The van der Waals surface area contributed by atoms with Crippen LogP contribution in [0.15, 0.2) is 0 Å². The molecule has 162 valence electrons. The van der Waals surface area contributed by atoms with Gasteiger partial charge in [-0.05, 0) is 117 Å². The minimum absolute atomic E-state index is 0.628. The number of hydrogen-bond acceptors (Lipinski definition) is 2. The van der Waals surface area contributed by atoms with Gasteiger partial charge in [0, 0.05) is 0 Å². The van der Waals surface area contributed by atoms with E-state index in [1.807, 2.05) is 0 Å². The van der Waals surface area contributed by atoms with Crippen LogP contribution in [0, 0.1) is 59.2 Å². The molecular formula is C27H42O2. The van der Waals surface area contributed by atoms with Crippen LogP contribution in [-0.4, -0.2) is 24.4 Å². The number of hydrogen-bond donors (Lipinski definition) is 0. The molecule has 4 aliphatic carbocycles. The lowest BCUT2D eigenvalue weighted by atomic mass is 9.60. The van der Waals surface area contributed by atoms with Gasteiger partial charge in [0.1, 0.15) is 0 Å². The van der Waals surface area contributed by atoms with Gasteiger partial charge in [0.25, 0.3) is 0 Å². The van der Waals surface area contributed by atoms with Gasteiger partial charge in [-0.2, -0.15) is 0 Å². The molecule has 2 heteroatoms. The van der Waals surface area contributed by atoms with Gasteiger partial charge in [-0.25, -0.2) is 0 Å². The van der Waals surface area contributed by atoms with E-state index < -0.39 is 0 Å². The Morgan fingerprint density at radius 2 is 1.00 bits per heavy atom. The predicted octanol–water partition coefficient (Wildman–Crippen LogP) is 6.24. The second kappa shape index (κ2) is 7.22. The number of epoxide rings is 2. The minimum Gasteiger partial charge on any atom is -0.370 e. The van der Waals surface area contributed by atoms with Crippen LogP contribution in [0.2, 0.25) is 0 Å². The Morgan fingerprint density at radius 3 is 1.34 bits per heavy atom. The average molecular weight is 399 g/mol. The van der Waals surface area contributed by atoms with Gasteiger partial charge in [0.2, 0.25) is 0 Å². The molecule has 0 spiro atoms. The van der Waals surface area contributed by atoms with E-state index in [2.05, 4.69) is 27.7 Å². The number of ether oxygens (including phenoxy) is 2. The standard InChI is InChI=1S/C27H42O2/c1-14(2)26(16-5-7-22-24(12-16)28-22)20-10-19-9-18(20)11-21(19)27(15(3)4)17-6-8-23-25(13-17)29-23/h16-27H,5-13H2,1-4H3. The zero-order valence-electron chi connectivity index (χ0n) is 19.1. The van der Waals surface area contributed by atoms with E-state index in [4.69, 9.17) is 9.47 Å². The van der Waals surface area contributed by atoms with Crippen molar-refractivity contribution in [3.05, 3.63) is 11.8 Å². The van der Waals surface area contributed by atoms with Gasteiger partial charge in [-0.15, -0.1) is 0 Å². The molecule has 6 aliphatic rings. The maximum absolute atomic E-state index is 5.89. The summed E-state index contributed by atoms with van der Waals surface area (Å²) in [6.45, 7) is 9.76. The lowest BCUT2D eigenvalue weighted by molar-refractivity contribution is 0.0896. The SMILES string of the molecule is C[C](C)C(C1CCC2OC2C1)C1CC2CC1CC2C([C](C)C)C1CCC2OC2C1. The molecule has 2 heterocycles. The molecular weight excluding hydrogens is 356 g/mol. The second-order valence-corrected chi connectivity index (χ2v) is 12.3. The first kappa shape index (κ1) is 19.6. The van der Waals surface area contributed by atoms with Gasteiger partial charge < -0.3 is 9.47 Å². The fourth-order valence-corrected chi connectivity index (χ4v) is 9.26. The maximum atomic E-state index is 5.89. The van der Waals surface area contributed by atoms with Gasteiger partial charge >= 0.3 is 0 Å². The highest BCUT2D eigenvalue weighted by Crippen LogP contribution is 2.62. The van der Waals surface area contributed by atoms with Crippen LogP contribution in [0.25, 0.3) is 0 Å². The molecule has 2 nitrogen and oxygen atoms in total. The molecule has 4 saturated carbocycles. The first-order valence-corrected chi connectivity index (χ1v) is 12.9. The minimum atomic E-state index is 0.628. The molecule has 0 amide bonds. The van der Waals surface area contributed by atoms with Crippen LogP contribution in [-0.2, 0) is 9.47 Å². The van der Waals surface area contributed by atoms with E-state index in [0.717, 1.165) is 47.3 Å². The van der Waals surface area contributed by atoms with Crippen LogP contribution < -0.4 is 0 Å².